The molecule has 0 aromatic heterocycles. The standard InChI is InChI=1S/C31H37N3O4S/c1-31(2,3)25-14-15-28-27(19-25)34(39(36,37)26-12-5-4-6-13-26)22-29(38-28)30(35)32-20-23-10-9-11-24(18-23)21-33-16-7-8-17-33/h4-6,9-15,18-19,29H,7-8,16-17,20-22H2,1-3H3,(H,32,35)/t29-/m0/s1. The summed E-state index contributed by atoms with van der Waals surface area (Å²) in [5, 5.41) is 2.97. The van der Waals surface area contributed by atoms with E-state index in [1.807, 2.05) is 24.3 Å². The Morgan fingerprint density at radius 3 is 2.38 bits per heavy atom. The first-order valence-corrected chi connectivity index (χ1v) is 15.0. The molecule has 3 aromatic carbocycles. The summed E-state index contributed by atoms with van der Waals surface area (Å²) in [6.45, 7) is 9.61. The number of nitrogens with one attached hydrogen (secondary N) is 1. The number of anilines is 1. The predicted molar refractivity (Wildman–Crippen MR) is 153 cm³/mol. The number of nitrogens with zero attached hydrogens (tertiary/aromatic N) is 2. The first kappa shape index (κ1) is 27.2. The average molecular weight is 548 g/mol. The molecule has 1 saturated heterocycles. The molecule has 206 valence electrons. The molecule has 8 heteroatoms. The van der Waals surface area contributed by atoms with E-state index in [2.05, 4.69) is 43.1 Å². The molecule has 39 heavy (non-hydrogen) atoms. The zero-order valence-corrected chi connectivity index (χ0v) is 23.7. The highest BCUT2D eigenvalue weighted by molar-refractivity contribution is 7.92. The lowest BCUT2D eigenvalue weighted by atomic mass is 9.86. The molecule has 0 aliphatic carbocycles. The topological polar surface area (TPSA) is 79.0 Å². The Balaban J connectivity index is 1.36. The zero-order chi connectivity index (χ0) is 27.6. The van der Waals surface area contributed by atoms with Gasteiger partial charge < -0.3 is 10.1 Å². The van der Waals surface area contributed by atoms with Gasteiger partial charge in [0.1, 0.15) is 5.75 Å². The van der Waals surface area contributed by atoms with E-state index in [0.717, 1.165) is 30.8 Å². The highest BCUT2D eigenvalue weighted by atomic mass is 32.2. The summed E-state index contributed by atoms with van der Waals surface area (Å²) in [4.78, 5) is 15.9. The van der Waals surface area contributed by atoms with Gasteiger partial charge in [-0.05, 0) is 72.3 Å². The van der Waals surface area contributed by atoms with Crippen molar-refractivity contribution in [1.82, 2.24) is 10.2 Å². The molecule has 7 nitrogen and oxygen atoms in total. The molecule has 0 unspecified atom stereocenters. The van der Waals surface area contributed by atoms with Crippen molar-refractivity contribution in [3.8, 4) is 5.75 Å². The number of ether oxygens (including phenoxy) is 1. The van der Waals surface area contributed by atoms with Crippen molar-refractivity contribution in [2.75, 3.05) is 23.9 Å². The van der Waals surface area contributed by atoms with Gasteiger partial charge in [-0.2, -0.15) is 0 Å². The molecule has 1 N–H and O–H groups in total. The van der Waals surface area contributed by atoms with Crippen molar-refractivity contribution in [2.24, 2.45) is 0 Å². The van der Waals surface area contributed by atoms with Crippen LogP contribution in [0, 0.1) is 0 Å². The first-order valence-electron chi connectivity index (χ1n) is 13.6. The second kappa shape index (κ2) is 11.0. The lowest BCUT2D eigenvalue weighted by Crippen LogP contribution is -2.50. The molecule has 1 fully saturated rings. The summed E-state index contributed by atoms with van der Waals surface area (Å²) in [5.74, 6) is 0.0280. The number of benzene rings is 3. The molecular formula is C31H37N3O4S. The number of fused-ring (bicyclic) bond motifs is 1. The van der Waals surface area contributed by atoms with E-state index in [0.29, 0.717) is 18.0 Å². The highest BCUT2D eigenvalue weighted by Crippen LogP contribution is 2.40. The van der Waals surface area contributed by atoms with Gasteiger partial charge in [0.05, 0.1) is 17.1 Å². The molecule has 1 amide bonds. The smallest absolute Gasteiger partial charge is 0.264 e. The Bertz CT molecular complexity index is 1430. The number of likely N-dealkylation sites (tertiary alicyclic amines) is 1. The zero-order valence-electron chi connectivity index (χ0n) is 22.9. The van der Waals surface area contributed by atoms with Crippen LogP contribution < -0.4 is 14.4 Å². The van der Waals surface area contributed by atoms with Gasteiger partial charge in [0, 0.05) is 13.1 Å². The minimum atomic E-state index is -3.92. The molecule has 0 bridgehead atoms. The maximum Gasteiger partial charge on any atom is 0.264 e. The van der Waals surface area contributed by atoms with Crippen molar-refractivity contribution < 1.29 is 17.9 Å². The van der Waals surface area contributed by atoms with Crippen LogP contribution in [0.4, 0.5) is 5.69 Å². The van der Waals surface area contributed by atoms with Gasteiger partial charge in [-0.3, -0.25) is 14.0 Å². The highest BCUT2D eigenvalue weighted by Gasteiger charge is 2.38. The number of rotatable bonds is 7. The SMILES string of the molecule is CC(C)(C)c1ccc2c(c1)N(S(=O)(=O)c1ccccc1)C[C@@H](C(=O)NCc1cccc(CN3CCCC3)c1)O2. The molecule has 3 aromatic rings. The normalized spacial score (nSPS) is 17.9. The van der Waals surface area contributed by atoms with Crippen molar-refractivity contribution >= 4 is 21.6 Å². The minimum Gasteiger partial charge on any atom is -0.476 e. The number of hydrogen-bond donors (Lipinski definition) is 1. The minimum absolute atomic E-state index is 0.112. The van der Waals surface area contributed by atoms with Gasteiger partial charge in [-0.15, -0.1) is 0 Å². The molecule has 2 aliphatic rings. The van der Waals surface area contributed by atoms with Gasteiger partial charge in [0.25, 0.3) is 15.9 Å². The summed E-state index contributed by atoms with van der Waals surface area (Å²) in [7, 11) is -3.92. The molecule has 0 saturated carbocycles. The molecule has 0 radical (unpaired) electrons. The van der Waals surface area contributed by atoms with Gasteiger partial charge in [-0.25, -0.2) is 8.42 Å². The van der Waals surface area contributed by atoms with Crippen LogP contribution in [0.1, 0.15) is 50.3 Å². The molecule has 0 spiro atoms. The molecule has 1 atom stereocenters. The van der Waals surface area contributed by atoms with Crippen molar-refractivity contribution in [3.05, 3.63) is 89.5 Å². The first-order chi connectivity index (χ1) is 18.6. The summed E-state index contributed by atoms with van der Waals surface area (Å²) in [6, 6.07) is 22.1. The Hall–Kier alpha value is -3.36. The maximum atomic E-state index is 13.8. The molecule has 5 rings (SSSR count). The Morgan fingerprint density at radius 1 is 0.949 bits per heavy atom. The van der Waals surface area contributed by atoms with Gasteiger partial charge in [0.2, 0.25) is 0 Å². The fourth-order valence-corrected chi connectivity index (χ4v) is 6.63. The van der Waals surface area contributed by atoms with Gasteiger partial charge >= 0.3 is 0 Å². The third kappa shape index (κ3) is 6.12. The van der Waals surface area contributed by atoms with E-state index >= 15 is 0 Å². The second-order valence-corrected chi connectivity index (χ2v) is 13.3. The van der Waals surface area contributed by atoms with Crippen LogP contribution in [0.15, 0.2) is 77.7 Å². The fourth-order valence-electron chi connectivity index (χ4n) is 5.14. The lowest BCUT2D eigenvalue weighted by molar-refractivity contribution is -0.127. The largest absolute Gasteiger partial charge is 0.476 e. The van der Waals surface area contributed by atoms with E-state index in [4.69, 9.17) is 4.74 Å². The van der Waals surface area contributed by atoms with Crippen molar-refractivity contribution in [1.29, 1.82) is 0 Å². The van der Waals surface area contributed by atoms with Crippen molar-refractivity contribution in [3.63, 3.8) is 0 Å². The van der Waals surface area contributed by atoms with E-state index in [9.17, 15) is 13.2 Å². The summed E-state index contributed by atoms with van der Waals surface area (Å²) in [5.41, 5.74) is 3.47. The number of amides is 1. The van der Waals surface area contributed by atoms with E-state index in [-0.39, 0.29) is 22.8 Å². The third-order valence-electron chi connectivity index (χ3n) is 7.38. The van der Waals surface area contributed by atoms with Crippen LogP contribution in [0.25, 0.3) is 0 Å². The van der Waals surface area contributed by atoms with Crippen LogP contribution in [0.3, 0.4) is 0 Å². The Kier molecular flexibility index (Phi) is 7.69. The van der Waals surface area contributed by atoms with E-state index < -0.39 is 16.1 Å². The predicted octanol–water partition coefficient (Wildman–Crippen LogP) is 4.85. The summed E-state index contributed by atoms with van der Waals surface area (Å²) < 4.78 is 35.0. The molecule has 2 aliphatic heterocycles. The number of carbonyl (C=O) groups is 1. The van der Waals surface area contributed by atoms with E-state index in [1.165, 1.54) is 22.7 Å². The van der Waals surface area contributed by atoms with Crippen LogP contribution in [-0.2, 0) is 33.3 Å². The Morgan fingerprint density at radius 2 is 1.67 bits per heavy atom. The van der Waals surface area contributed by atoms with Crippen molar-refractivity contribution in [2.45, 2.75) is 63.1 Å². The lowest BCUT2D eigenvalue weighted by Gasteiger charge is -2.36. The number of hydrogen-bond acceptors (Lipinski definition) is 5. The summed E-state index contributed by atoms with van der Waals surface area (Å²) >= 11 is 0. The quantitative estimate of drug-likeness (QED) is 0.458. The molecular weight excluding hydrogens is 510 g/mol. The van der Waals surface area contributed by atoms with Crippen LogP contribution >= 0.6 is 0 Å². The average Bonchev–Trinajstić information content (AvgIpc) is 3.44. The van der Waals surface area contributed by atoms with Crippen LogP contribution in [0.2, 0.25) is 0 Å². The van der Waals surface area contributed by atoms with Gasteiger partial charge in [-0.1, -0.05) is 69.3 Å². The number of carbonyl (C=O) groups excluding carboxylic acids is 1. The maximum absolute atomic E-state index is 13.8. The van der Waals surface area contributed by atoms with Crippen LogP contribution in [0.5, 0.6) is 5.75 Å². The number of sulfonamides is 1. The van der Waals surface area contributed by atoms with Crippen LogP contribution in [-0.4, -0.2) is 45.0 Å². The molecule has 2 heterocycles. The third-order valence-corrected chi connectivity index (χ3v) is 9.18. The Labute approximate surface area is 231 Å². The van der Waals surface area contributed by atoms with E-state index in [1.54, 1.807) is 36.4 Å². The monoisotopic (exact) mass is 547 g/mol. The van der Waals surface area contributed by atoms with Gasteiger partial charge in [0.15, 0.2) is 6.10 Å². The summed E-state index contributed by atoms with van der Waals surface area (Å²) in [6.07, 6.45) is 1.51. The second-order valence-electron chi connectivity index (χ2n) is 11.4. The fraction of sp³-hybridized carbons (Fsp3) is 0.387.